The first kappa shape index (κ1) is 28.2. The van der Waals surface area contributed by atoms with Crippen molar-refractivity contribution in [1.82, 2.24) is 10.6 Å². The molecule has 0 rings (SSSR count). The predicted octanol–water partition coefficient (Wildman–Crippen LogP) is -0.461. The average Bonchev–Trinajstić information content (AvgIpc) is 2.63. The SMILES string of the molecule is CN[C@@H](CCCCNC(C)=O)C(=O)O.COC(=O)[C@@H](N)CCCC(N)C(C)=O. The number of ether oxygens (including phenoxy) is 1. The van der Waals surface area contributed by atoms with Gasteiger partial charge in [0.1, 0.15) is 17.9 Å². The first-order valence-electron chi connectivity index (χ1n) is 9.30. The Morgan fingerprint density at radius 2 is 1.54 bits per heavy atom. The topological polar surface area (TPSA) is 174 Å². The minimum atomic E-state index is -0.827. The van der Waals surface area contributed by atoms with Crippen LogP contribution in [0.1, 0.15) is 52.4 Å². The highest BCUT2D eigenvalue weighted by molar-refractivity contribution is 5.81. The first-order chi connectivity index (χ1) is 13.1. The quantitative estimate of drug-likeness (QED) is 0.201. The molecule has 0 heterocycles. The lowest BCUT2D eigenvalue weighted by Gasteiger charge is -2.10. The number of nitrogens with two attached hydrogens (primary N) is 2. The van der Waals surface area contributed by atoms with Gasteiger partial charge in [-0.1, -0.05) is 0 Å². The van der Waals surface area contributed by atoms with Gasteiger partial charge in [0.05, 0.1) is 13.2 Å². The van der Waals surface area contributed by atoms with Crippen molar-refractivity contribution in [3.8, 4) is 0 Å². The van der Waals surface area contributed by atoms with E-state index in [1.807, 2.05) is 0 Å². The molecule has 0 saturated carbocycles. The number of methoxy groups -OCH3 is 1. The van der Waals surface area contributed by atoms with Crippen LogP contribution in [0.2, 0.25) is 0 Å². The van der Waals surface area contributed by atoms with E-state index in [4.69, 9.17) is 16.6 Å². The van der Waals surface area contributed by atoms with E-state index in [9.17, 15) is 19.2 Å². The van der Waals surface area contributed by atoms with Gasteiger partial charge in [0, 0.05) is 13.5 Å². The molecule has 1 amide bonds. The molecule has 7 N–H and O–H groups in total. The molecule has 0 fully saturated rings. The van der Waals surface area contributed by atoms with Gasteiger partial charge in [0.25, 0.3) is 0 Å². The molecule has 0 spiro atoms. The fourth-order valence-electron chi connectivity index (χ4n) is 2.16. The Kier molecular flexibility index (Phi) is 17.2. The molecule has 0 aromatic heterocycles. The number of esters is 1. The number of amides is 1. The summed E-state index contributed by atoms with van der Waals surface area (Å²) in [6.07, 6.45) is 3.89. The van der Waals surface area contributed by atoms with Crippen LogP contribution in [-0.2, 0) is 23.9 Å². The van der Waals surface area contributed by atoms with E-state index in [1.54, 1.807) is 7.05 Å². The highest BCUT2D eigenvalue weighted by atomic mass is 16.5. The smallest absolute Gasteiger partial charge is 0.322 e. The summed E-state index contributed by atoms with van der Waals surface area (Å²) >= 11 is 0. The Balaban J connectivity index is 0. The van der Waals surface area contributed by atoms with Crippen molar-refractivity contribution in [1.29, 1.82) is 0 Å². The van der Waals surface area contributed by atoms with Crippen LogP contribution < -0.4 is 22.1 Å². The number of nitrogens with one attached hydrogen (secondary N) is 2. The summed E-state index contributed by atoms with van der Waals surface area (Å²) < 4.78 is 4.45. The maximum absolute atomic E-state index is 10.9. The van der Waals surface area contributed by atoms with Gasteiger partial charge in [-0.05, 0) is 52.5 Å². The van der Waals surface area contributed by atoms with Gasteiger partial charge < -0.3 is 31.9 Å². The van der Waals surface area contributed by atoms with E-state index >= 15 is 0 Å². The Bertz CT molecular complexity index is 487. The molecule has 0 aromatic rings. The molecule has 164 valence electrons. The summed E-state index contributed by atoms with van der Waals surface area (Å²) in [5.41, 5.74) is 11.0. The second-order valence-corrected chi connectivity index (χ2v) is 6.44. The Labute approximate surface area is 166 Å². The van der Waals surface area contributed by atoms with Gasteiger partial charge >= 0.3 is 11.9 Å². The van der Waals surface area contributed by atoms with Crippen LogP contribution in [0.25, 0.3) is 0 Å². The number of unbranched alkanes of at least 4 members (excludes halogenated alkanes) is 1. The van der Waals surface area contributed by atoms with Gasteiger partial charge in [-0.2, -0.15) is 0 Å². The number of carboxylic acid groups (broad SMARTS) is 1. The molecule has 10 heteroatoms. The molecule has 0 radical (unpaired) electrons. The van der Waals surface area contributed by atoms with Crippen molar-refractivity contribution >= 4 is 23.6 Å². The van der Waals surface area contributed by atoms with Crippen molar-refractivity contribution < 1.29 is 29.0 Å². The van der Waals surface area contributed by atoms with Gasteiger partial charge in [-0.15, -0.1) is 0 Å². The normalized spacial score (nSPS) is 13.4. The van der Waals surface area contributed by atoms with E-state index in [-0.39, 0.29) is 11.7 Å². The van der Waals surface area contributed by atoms with Crippen LogP contribution in [0, 0.1) is 0 Å². The molecule has 0 bridgehead atoms. The number of rotatable bonds is 13. The molecular formula is C18H36N4O6. The number of aliphatic carboxylic acids is 1. The van der Waals surface area contributed by atoms with Crippen LogP contribution in [0.15, 0.2) is 0 Å². The molecule has 10 nitrogen and oxygen atoms in total. The number of hydrogen-bond donors (Lipinski definition) is 5. The lowest BCUT2D eigenvalue weighted by atomic mass is 10.0. The standard InChI is InChI=1S/2C9H18N2O3/c1-7(12)11-6-4-3-5-8(10-2)9(13)14;1-6(12)7(10)4-3-5-8(11)9(13)14-2/h8,10H,3-6H2,1-2H3,(H,11,12)(H,13,14);7-8H,3-5,10-11H2,1-2H3/t8-;7?,8-/m00/s1. The van der Waals surface area contributed by atoms with E-state index in [1.165, 1.54) is 21.0 Å². The molecule has 3 atom stereocenters. The van der Waals surface area contributed by atoms with Gasteiger partial charge in [0.15, 0.2) is 0 Å². The number of hydrogen-bond acceptors (Lipinski definition) is 8. The average molecular weight is 405 g/mol. The monoisotopic (exact) mass is 404 g/mol. The molecule has 1 unspecified atom stereocenters. The third kappa shape index (κ3) is 16.2. The lowest BCUT2D eigenvalue weighted by Crippen LogP contribution is -2.33. The van der Waals surface area contributed by atoms with Crippen LogP contribution >= 0.6 is 0 Å². The van der Waals surface area contributed by atoms with Crippen molar-refractivity contribution in [3.63, 3.8) is 0 Å². The first-order valence-corrected chi connectivity index (χ1v) is 9.30. The fraction of sp³-hybridized carbons (Fsp3) is 0.778. The summed E-state index contributed by atoms with van der Waals surface area (Å²) in [5, 5.41) is 14.1. The van der Waals surface area contributed by atoms with E-state index in [0.29, 0.717) is 32.2 Å². The van der Waals surface area contributed by atoms with Crippen LogP contribution in [0.4, 0.5) is 0 Å². The molecule has 0 aliphatic rings. The van der Waals surface area contributed by atoms with Crippen molar-refractivity contribution in [2.24, 2.45) is 11.5 Å². The third-order valence-electron chi connectivity index (χ3n) is 4.00. The fourth-order valence-corrected chi connectivity index (χ4v) is 2.16. The summed E-state index contributed by atoms with van der Waals surface area (Å²) in [6, 6.07) is -1.54. The second-order valence-electron chi connectivity index (χ2n) is 6.44. The predicted molar refractivity (Wildman–Crippen MR) is 106 cm³/mol. The molecular weight excluding hydrogens is 368 g/mol. The minimum Gasteiger partial charge on any atom is -0.480 e. The van der Waals surface area contributed by atoms with E-state index in [0.717, 1.165) is 12.8 Å². The number of Topliss-reactive ketones (excluding diaryl/α,β-unsaturated/α-hetero) is 1. The minimum absolute atomic E-state index is 0.0448. The van der Waals surface area contributed by atoms with Crippen LogP contribution in [0.3, 0.4) is 0 Å². The third-order valence-corrected chi connectivity index (χ3v) is 4.00. The Morgan fingerprint density at radius 1 is 0.964 bits per heavy atom. The van der Waals surface area contributed by atoms with E-state index < -0.39 is 30.1 Å². The van der Waals surface area contributed by atoms with Crippen molar-refractivity contribution in [3.05, 3.63) is 0 Å². The zero-order chi connectivity index (χ0) is 22.1. The zero-order valence-electron chi connectivity index (χ0n) is 17.3. The Hall–Kier alpha value is -2.04. The highest BCUT2D eigenvalue weighted by Crippen LogP contribution is 2.03. The van der Waals surface area contributed by atoms with Gasteiger partial charge in [0.2, 0.25) is 5.91 Å². The molecule has 0 aliphatic heterocycles. The molecule has 0 aliphatic carbocycles. The largest absolute Gasteiger partial charge is 0.480 e. The zero-order valence-corrected chi connectivity index (χ0v) is 17.3. The van der Waals surface area contributed by atoms with Crippen LogP contribution in [-0.4, -0.2) is 67.6 Å². The lowest BCUT2D eigenvalue weighted by molar-refractivity contribution is -0.142. The number of carboxylic acids is 1. The van der Waals surface area contributed by atoms with Gasteiger partial charge in [-0.3, -0.25) is 19.2 Å². The number of carbonyl (C=O) groups is 4. The molecule has 0 aromatic carbocycles. The Morgan fingerprint density at radius 3 is 1.96 bits per heavy atom. The number of likely N-dealkylation sites (N-methyl/N-ethyl adjacent to an activating group) is 1. The molecule has 28 heavy (non-hydrogen) atoms. The summed E-state index contributed by atoms with van der Waals surface area (Å²) in [4.78, 5) is 42.7. The number of ketones is 1. The number of carbonyl (C=O) groups excluding carboxylic acids is 3. The second kappa shape index (κ2) is 17.1. The van der Waals surface area contributed by atoms with E-state index in [2.05, 4.69) is 15.4 Å². The summed E-state index contributed by atoms with van der Waals surface area (Å²) in [5.74, 6) is -1.35. The van der Waals surface area contributed by atoms with Gasteiger partial charge in [-0.25, -0.2) is 0 Å². The van der Waals surface area contributed by atoms with Crippen molar-refractivity contribution in [2.45, 2.75) is 70.5 Å². The maximum Gasteiger partial charge on any atom is 0.322 e. The maximum atomic E-state index is 10.9. The van der Waals surface area contributed by atoms with Crippen molar-refractivity contribution in [2.75, 3.05) is 20.7 Å². The highest BCUT2D eigenvalue weighted by Gasteiger charge is 2.15. The summed E-state index contributed by atoms with van der Waals surface area (Å²) in [7, 11) is 2.93. The molecule has 0 saturated heterocycles. The summed E-state index contributed by atoms with van der Waals surface area (Å²) in [6.45, 7) is 3.53. The van der Waals surface area contributed by atoms with Crippen LogP contribution in [0.5, 0.6) is 0 Å².